The Morgan fingerprint density at radius 2 is 2.41 bits per heavy atom. The third-order valence-corrected chi connectivity index (χ3v) is 4.41. The highest BCUT2D eigenvalue weighted by Gasteiger charge is 2.56. The first-order valence-electron chi connectivity index (χ1n) is 5.23. The van der Waals surface area contributed by atoms with Crippen molar-refractivity contribution in [1.29, 1.82) is 0 Å². The van der Waals surface area contributed by atoms with E-state index in [0.29, 0.717) is 6.42 Å². The van der Waals surface area contributed by atoms with Crippen LogP contribution < -0.4 is 5.32 Å². The molecule has 94 valence electrons. The summed E-state index contributed by atoms with van der Waals surface area (Å²) >= 11 is 13.1. The number of hydrogen-bond donors (Lipinski definition) is 2. The fraction of sp³-hybridized carbons (Fsp3) is 0.545. The van der Waals surface area contributed by atoms with Crippen LogP contribution in [-0.2, 0) is 10.4 Å². The zero-order chi connectivity index (χ0) is 12.7. The Labute approximate surface area is 114 Å². The van der Waals surface area contributed by atoms with Crippen LogP contribution in [-0.4, -0.2) is 21.9 Å². The number of carbonyl (C=O) groups excluding carboxylic acids is 1. The van der Waals surface area contributed by atoms with Crippen LogP contribution >= 0.6 is 34.5 Å². The van der Waals surface area contributed by atoms with Crippen LogP contribution in [0.1, 0.15) is 18.9 Å². The van der Waals surface area contributed by atoms with Crippen LogP contribution in [0.5, 0.6) is 0 Å². The summed E-state index contributed by atoms with van der Waals surface area (Å²) < 4.78 is -0.918. The molecule has 2 atom stereocenters. The Morgan fingerprint density at radius 1 is 1.76 bits per heavy atom. The van der Waals surface area contributed by atoms with Gasteiger partial charge < -0.3 is 10.4 Å². The molecule has 1 aromatic rings. The topological polar surface area (TPSA) is 49.3 Å². The summed E-state index contributed by atoms with van der Waals surface area (Å²) in [5.74, 6) is -0.561. The predicted molar refractivity (Wildman–Crippen MR) is 69.4 cm³/mol. The molecule has 17 heavy (non-hydrogen) atoms. The molecule has 1 aromatic heterocycles. The molecule has 0 radical (unpaired) electrons. The highest BCUT2D eigenvalue weighted by Crippen LogP contribution is 2.53. The van der Waals surface area contributed by atoms with Gasteiger partial charge in [0.1, 0.15) is 9.93 Å². The first-order chi connectivity index (χ1) is 7.83. The van der Waals surface area contributed by atoms with E-state index in [0.717, 1.165) is 5.56 Å². The molecule has 6 heteroatoms. The zero-order valence-electron chi connectivity index (χ0n) is 9.24. The van der Waals surface area contributed by atoms with Gasteiger partial charge in [0, 0.05) is 0 Å². The number of rotatable bonds is 4. The predicted octanol–water partition coefficient (Wildman–Crippen LogP) is 2.27. The molecule has 0 unspecified atom stereocenters. The average molecular weight is 294 g/mol. The molecule has 1 aliphatic rings. The third-order valence-electron chi connectivity index (χ3n) is 2.89. The molecule has 1 saturated carbocycles. The van der Waals surface area contributed by atoms with Crippen molar-refractivity contribution in [2.24, 2.45) is 5.92 Å². The fourth-order valence-corrected chi connectivity index (χ4v) is 2.84. The van der Waals surface area contributed by atoms with E-state index in [1.807, 2.05) is 16.8 Å². The summed E-state index contributed by atoms with van der Waals surface area (Å²) in [5.41, 5.74) is -0.271. The lowest BCUT2D eigenvalue weighted by atomic mass is 9.99. The van der Waals surface area contributed by atoms with E-state index in [9.17, 15) is 9.90 Å². The second-order valence-electron chi connectivity index (χ2n) is 4.52. The summed E-state index contributed by atoms with van der Waals surface area (Å²) in [6, 6.07) is 1.83. The van der Waals surface area contributed by atoms with Gasteiger partial charge in [-0.2, -0.15) is 11.3 Å². The average Bonchev–Trinajstić information content (AvgIpc) is 2.73. The number of thiophene rings is 1. The maximum Gasteiger partial charge on any atom is 0.226 e. The van der Waals surface area contributed by atoms with Gasteiger partial charge >= 0.3 is 0 Å². The van der Waals surface area contributed by atoms with E-state index in [2.05, 4.69) is 5.32 Å². The van der Waals surface area contributed by atoms with Crippen molar-refractivity contribution in [3.8, 4) is 0 Å². The maximum absolute atomic E-state index is 11.6. The SMILES string of the molecule is C[C@](O)(CNC(=O)[C@H]1CC1(Cl)Cl)c1ccsc1. The van der Waals surface area contributed by atoms with Gasteiger partial charge in [0.25, 0.3) is 0 Å². The fourth-order valence-electron chi connectivity index (χ4n) is 1.55. The van der Waals surface area contributed by atoms with Gasteiger partial charge in [-0.25, -0.2) is 0 Å². The van der Waals surface area contributed by atoms with Crippen molar-refractivity contribution in [2.75, 3.05) is 6.54 Å². The molecule has 1 fully saturated rings. The van der Waals surface area contributed by atoms with Gasteiger partial charge in [0.15, 0.2) is 0 Å². The summed E-state index contributed by atoms with van der Waals surface area (Å²) in [4.78, 5) is 11.6. The number of halogens is 2. The number of hydrogen-bond acceptors (Lipinski definition) is 3. The van der Waals surface area contributed by atoms with Gasteiger partial charge in [-0.3, -0.25) is 4.79 Å². The summed E-state index contributed by atoms with van der Waals surface area (Å²) in [6.07, 6.45) is 0.475. The van der Waals surface area contributed by atoms with Crippen molar-refractivity contribution in [3.63, 3.8) is 0 Å². The maximum atomic E-state index is 11.6. The minimum Gasteiger partial charge on any atom is -0.384 e. The molecule has 0 saturated heterocycles. The quantitative estimate of drug-likeness (QED) is 0.837. The van der Waals surface area contributed by atoms with Crippen LogP contribution in [0, 0.1) is 5.92 Å². The number of amides is 1. The smallest absolute Gasteiger partial charge is 0.226 e. The molecule has 0 aromatic carbocycles. The van der Waals surface area contributed by atoms with Crippen molar-refractivity contribution in [1.82, 2.24) is 5.32 Å². The monoisotopic (exact) mass is 293 g/mol. The van der Waals surface area contributed by atoms with Crippen molar-refractivity contribution in [3.05, 3.63) is 22.4 Å². The van der Waals surface area contributed by atoms with Gasteiger partial charge in [0.05, 0.1) is 12.5 Å². The van der Waals surface area contributed by atoms with E-state index in [1.165, 1.54) is 11.3 Å². The summed E-state index contributed by atoms with van der Waals surface area (Å²) in [5, 5.41) is 16.6. The minimum atomic E-state index is -1.06. The third kappa shape index (κ3) is 2.94. The molecule has 1 aliphatic carbocycles. The number of nitrogens with one attached hydrogen (secondary N) is 1. The highest BCUT2D eigenvalue weighted by molar-refractivity contribution is 7.08. The number of alkyl halides is 2. The number of carbonyl (C=O) groups is 1. The second-order valence-corrected chi connectivity index (χ2v) is 6.84. The molecule has 1 heterocycles. The van der Waals surface area contributed by atoms with E-state index in [1.54, 1.807) is 6.92 Å². The van der Waals surface area contributed by atoms with E-state index in [4.69, 9.17) is 23.2 Å². The molecule has 0 bridgehead atoms. The number of aliphatic hydroxyl groups is 1. The van der Waals surface area contributed by atoms with Crippen LogP contribution in [0.3, 0.4) is 0 Å². The lowest BCUT2D eigenvalue weighted by molar-refractivity contribution is -0.123. The summed E-state index contributed by atoms with van der Waals surface area (Å²) in [7, 11) is 0. The van der Waals surface area contributed by atoms with Gasteiger partial charge in [0.2, 0.25) is 5.91 Å². The minimum absolute atomic E-state index is 0.156. The Morgan fingerprint density at radius 3 is 2.88 bits per heavy atom. The first kappa shape index (κ1) is 13.1. The Kier molecular flexibility index (Phi) is 3.42. The molecule has 3 nitrogen and oxygen atoms in total. The van der Waals surface area contributed by atoms with Crippen LogP contribution in [0.2, 0.25) is 0 Å². The largest absolute Gasteiger partial charge is 0.384 e. The van der Waals surface area contributed by atoms with Crippen LogP contribution in [0.25, 0.3) is 0 Å². The molecule has 2 rings (SSSR count). The standard InChI is InChI=1S/C11H13Cl2NO2S/c1-10(16,7-2-3-17-5-7)6-14-9(15)8-4-11(8,12)13/h2-3,5,8,16H,4,6H2,1H3,(H,14,15)/t8-,10+/m1/s1. The normalized spacial score (nSPS) is 25.1. The molecule has 0 spiro atoms. The van der Waals surface area contributed by atoms with E-state index < -0.39 is 9.93 Å². The van der Waals surface area contributed by atoms with Crippen molar-refractivity contribution < 1.29 is 9.90 Å². The van der Waals surface area contributed by atoms with E-state index >= 15 is 0 Å². The van der Waals surface area contributed by atoms with Gasteiger partial charge in [-0.1, -0.05) is 0 Å². The summed E-state index contributed by atoms with van der Waals surface area (Å²) in [6.45, 7) is 1.82. The van der Waals surface area contributed by atoms with E-state index in [-0.39, 0.29) is 18.4 Å². The first-order valence-corrected chi connectivity index (χ1v) is 6.93. The Bertz CT molecular complexity index is 417. The van der Waals surface area contributed by atoms with Gasteiger partial charge in [-0.05, 0) is 35.7 Å². The molecular weight excluding hydrogens is 281 g/mol. The van der Waals surface area contributed by atoms with Gasteiger partial charge in [-0.15, -0.1) is 23.2 Å². The van der Waals surface area contributed by atoms with Crippen LogP contribution in [0.15, 0.2) is 16.8 Å². The second kappa shape index (κ2) is 4.43. The lowest BCUT2D eigenvalue weighted by Gasteiger charge is -2.22. The van der Waals surface area contributed by atoms with Crippen molar-refractivity contribution in [2.45, 2.75) is 23.3 Å². The molecule has 1 amide bonds. The van der Waals surface area contributed by atoms with Crippen LogP contribution in [0.4, 0.5) is 0 Å². The highest BCUT2D eigenvalue weighted by atomic mass is 35.5. The molecule has 0 aliphatic heterocycles. The van der Waals surface area contributed by atoms with Crippen molar-refractivity contribution >= 4 is 40.4 Å². The Hall–Kier alpha value is -0.290. The molecular formula is C11H13Cl2NO2S. The lowest BCUT2D eigenvalue weighted by Crippen LogP contribution is -2.39. The Balaban J connectivity index is 1.88. The zero-order valence-corrected chi connectivity index (χ0v) is 11.6. The molecule has 2 N–H and O–H groups in total.